The van der Waals surface area contributed by atoms with Gasteiger partial charge in [0.25, 0.3) is 9.05 Å². The van der Waals surface area contributed by atoms with Crippen molar-refractivity contribution in [1.29, 1.82) is 0 Å². The average Bonchev–Trinajstić information content (AvgIpc) is 3.04. The highest BCUT2D eigenvalue weighted by Gasteiger charge is 2.45. The first-order chi connectivity index (χ1) is 11.8. The minimum atomic E-state index is -4.21. The Balaban J connectivity index is 2.32. The van der Waals surface area contributed by atoms with Crippen molar-refractivity contribution in [1.82, 2.24) is 0 Å². The van der Waals surface area contributed by atoms with E-state index in [1.165, 1.54) is 19.2 Å². The molecule has 0 spiro atoms. The fraction of sp³-hybridized carbons (Fsp3) is 0.250. The Kier molecular flexibility index (Phi) is 5.21. The molecule has 0 saturated carbocycles. The van der Waals surface area contributed by atoms with E-state index in [2.05, 4.69) is 0 Å². The van der Waals surface area contributed by atoms with Crippen LogP contribution in [0.1, 0.15) is 11.1 Å². The average molecular weight is 424 g/mol. The zero-order valence-corrected chi connectivity index (χ0v) is 16.0. The van der Waals surface area contributed by atoms with Gasteiger partial charge in [-0.3, -0.25) is 0 Å². The summed E-state index contributed by atoms with van der Waals surface area (Å²) >= 11 is 12.2. The van der Waals surface area contributed by atoms with Crippen molar-refractivity contribution in [3.05, 3.63) is 57.6 Å². The highest BCUT2D eigenvalue weighted by atomic mass is 35.7. The third-order valence-electron chi connectivity index (χ3n) is 3.80. The summed E-state index contributed by atoms with van der Waals surface area (Å²) in [6.07, 6.45) is 0. The van der Waals surface area contributed by atoms with Crippen LogP contribution in [0.5, 0.6) is 5.75 Å². The molecule has 1 fully saturated rings. The second kappa shape index (κ2) is 6.95. The molecule has 1 aliphatic heterocycles. The highest BCUT2D eigenvalue weighted by Crippen LogP contribution is 2.46. The Bertz CT molecular complexity index is 891. The molecule has 0 aliphatic carbocycles. The normalized spacial score (nSPS) is 16.8. The van der Waals surface area contributed by atoms with Crippen molar-refractivity contribution in [3.63, 3.8) is 0 Å². The lowest BCUT2D eigenvalue weighted by atomic mass is 9.97. The molecule has 0 N–H and O–H groups in total. The molecule has 1 saturated heterocycles. The molecule has 25 heavy (non-hydrogen) atoms. The van der Waals surface area contributed by atoms with Crippen LogP contribution in [0.25, 0.3) is 0 Å². The zero-order valence-electron chi connectivity index (χ0n) is 13.0. The van der Waals surface area contributed by atoms with Crippen LogP contribution >= 0.6 is 33.9 Å². The van der Waals surface area contributed by atoms with Crippen LogP contribution < -0.4 is 4.74 Å². The van der Waals surface area contributed by atoms with E-state index in [4.69, 9.17) is 48.1 Å². The second-order valence-electron chi connectivity index (χ2n) is 5.22. The van der Waals surface area contributed by atoms with Crippen LogP contribution in [0, 0.1) is 0 Å². The van der Waals surface area contributed by atoms with E-state index in [1.807, 2.05) is 0 Å². The van der Waals surface area contributed by atoms with Crippen molar-refractivity contribution >= 4 is 42.9 Å². The fourth-order valence-electron chi connectivity index (χ4n) is 2.75. The standard InChI is InChI=1S/C16H13Cl3O5S/c1-22-13-7-6-12(15(14(13)18)25(19,20)21)16(23-8-9-24-16)10-2-4-11(17)5-3-10/h2-7H,8-9H2,1H3. The Hall–Kier alpha value is -1.02. The molecular weight excluding hydrogens is 411 g/mol. The van der Waals surface area contributed by atoms with Crippen LogP contribution in [0.3, 0.4) is 0 Å². The van der Waals surface area contributed by atoms with E-state index < -0.39 is 14.8 Å². The summed E-state index contributed by atoms with van der Waals surface area (Å²) in [5, 5.41) is 0.386. The summed E-state index contributed by atoms with van der Waals surface area (Å²) in [7, 11) is 2.81. The fourth-order valence-corrected chi connectivity index (χ4v) is 4.80. The summed E-state index contributed by atoms with van der Waals surface area (Å²) in [4.78, 5) is -0.313. The summed E-state index contributed by atoms with van der Waals surface area (Å²) < 4.78 is 41.2. The van der Waals surface area contributed by atoms with E-state index in [-0.39, 0.29) is 34.4 Å². The molecule has 0 radical (unpaired) electrons. The van der Waals surface area contributed by atoms with Crippen LogP contribution in [0.15, 0.2) is 41.3 Å². The molecule has 1 aliphatic rings. The zero-order chi connectivity index (χ0) is 18.2. The van der Waals surface area contributed by atoms with Crippen molar-refractivity contribution < 1.29 is 22.6 Å². The third-order valence-corrected chi connectivity index (χ3v) is 5.91. The molecular formula is C16H13Cl3O5S. The molecule has 0 aromatic heterocycles. The molecule has 2 aromatic rings. The van der Waals surface area contributed by atoms with E-state index in [1.54, 1.807) is 24.3 Å². The predicted octanol–water partition coefficient (Wildman–Crippen LogP) is 4.18. The molecule has 3 rings (SSSR count). The van der Waals surface area contributed by atoms with Gasteiger partial charge in [-0.1, -0.05) is 35.3 Å². The first-order valence-electron chi connectivity index (χ1n) is 7.15. The SMILES string of the molecule is COc1ccc(C2(c3ccc(Cl)cc3)OCCO2)c(S(=O)(=O)Cl)c1Cl. The van der Waals surface area contributed by atoms with Gasteiger partial charge >= 0.3 is 0 Å². The maximum Gasteiger partial charge on any atom is 0.263 e. The minimum Gasteiger partial charge on any atom is -0.495 e. The molecule has 134 valence electrons. The third kappa shape index (κ3) is 3.35. The van der Waals surface area contributed by atoms with Gasteiger partial charge in [0.2, 0.25) is 5.79 Å². The quantitative estimate of drug-likeness (QED) is 0.691. The number of hydrogen-bond donors (Lipinski definition) is 0. The Morgan fingerprint density at radius 2 is 1.64 bits per heavy atom. The van der Waals surface area contributed by atoms with Crippen molar-refractivity contribution in [2.24, 2.45) is 0 Å². The van der Waals surface area contributed by atoms with Crippen LogP contribution in [-0.2, 0) is 24.3 Å². The molecule has 2 aromatic carbocycles. The number of ether oxygens (including phenoxy) is 3. The summed E-state index contributed by atoms with van der Waals surface area (Å²) in [5.74, 6) is -1.29. The number of methoxy groups -OCH3 is 1. The van der Waals surface area contributed by atoms with Gasteiger partial charge in [-0.05, 0) is 24.3 Å². The molecule has 1 heterocycles. The van der Waals surface area contributed by atoms with Gasteiger partial charge < -0.3 is 14.2 Å². The maximum atomic E-state index is 12.2. The van der Waals surface area contributed by atoms with E-state index in [0.717, 1.165) is 0 Å². The molecule has 0 atom stereocenters. The monoisotopic (exact) mass is 422 g/mol. The van der Waals surface area contributed by atoms with Gasteiger partial charge in [0.05, 0.1) is 20.3 Å². The molecule has 0 unspecified atom stereocenters. The first-order valence-corrected chi connectivity index (χ1v) is 10.2. The van der Waals surface area contributed by atoms with Crippen LogP contribution in [-0.4, -0.2) is 28.7 Å². The second-order valence-corrected chi connectivity index (χ2v) is 8.53. The van der Waals surface area contributed by atoms with E-state index >= 15 is 0 Å². The smallest absolute Gasteiger partial charge is 0.263 e. The van der Waals surface area contributed by atoms with Crippen LogP contribution in [0.4, 0.5) is 0 Å². The van der Waals surface area contributed by atoms with Gasteiger partial charge in [0.1, 0.15) is 15.7 Å². The summed E-state index contributed by atoms with van der Waals surface area (Å²) in [6.45, 7) is 0.544. The predicted molar refractivity (Wildman–Crippen MR) is 95.2 cm³/mol. The minimum absolute atomic E-state index is 0.137. The number of rotatable bonds is 4. The lowest BCUT2D eigenvalue weighted by Gasteiger charge is -2.30. The van der Waals surface area contributed by atoms with E-state index in [0.29, 0.717) is 10.6 Å². The van der Waals surface area contributed by atoms with Gasteiger partial charge in [-0.25, -0.2) is 8.42 Å². The molecule has 0 amide bonds. The largest absolute Gasteiger partial charge is 0.495 e. The van der Waals surface area contributed by atoms with Crippen molar-refractivity contribution in [2.75, 3.05) is 20.3 Å². The topological polar surface area (TPSA) is 61.8 Å². The first kappa shape index (κ1) is 18.8. The van der Waals surface area contributed by atoms with Crippen LogP contribution in [0.2, 0.25) is 10.0 Å². The van der Waals surface area contributed by atoms with Gasteiger partial charge in [-0.2, -0.15) is 0 Å². The number of hydrogen-bond acceptors (Lipinski definition) is 5. The van der Waals surface area contributed by atoms with E-state index in [9.17, 15) is 8.42 Å². The molecule has 0 bridgehead atoms. The Morgan fingerprint density at radius 1 is 1.04 bits per heavy atom. The maximum absolute atomic E-state index is 12.2. The Morgan fingerprint density at radius 3 is 2.16 bits per heavy atom. The lowest BCUT2D eigenvalue weighted by Crippen LogP contribution is -2.30. The summed E-state index contributed by atoms with van der Waals surface area (Å²) in [6, 6.07) is 9.74. The van der Waals surface area contributed by atoms with Crippen molar-refractivity contribution in [3.8, 4) is 5.75 Å². The van der Waals surface area contributed by atoms with Gasteiger partial charge in [-0.15, -0.1) is 0 Å². The lowest BCUT2D eigenvalue weighted by molar-refractivity contribution is -0.131. The molecule has 9 heteroatoms. The highest BCUT2D eigenvalue weighted by molar-refractivity contribution is 8.13. The van der Waals surface area contributed by atoms with Gasteiger partial charge in [0.15, 0.2) is 0 Å². The molecule has 5 nitrogen and oxygen atoms in total. The number of halogens is 3. The number of benzene rings is 2. The van der Waals surface area contributed by atoms with Crippen molar-refractivity contribution in [2.45, 2.75) is 10.7 Å². The summed E-state index contributed by atoms with van der Waals surface area (Å²) in [5.41, 5.74) is 0.741. The van der Waals surface area contributed by atoms with Gasteiger partial charge in [0, 0.05) is 26.8 Å². The Labute approximate surface area is 159 Å².